The number of nitrogens with zero attached hydrogens (tertiary/aromatic N) is 1. The fraction of sp³-hybridized carbons (Fsp3) is 0.389. The third-order valence-electron chi connectivity index (χ3n) is 3.92. The van der Waals surface area contributed by atoms with E-state index in [1.165, 1.54) is 16.8 Å². The molecule has 0 saturated heterocycles. The third kappa shape index (κ3) is 3.92. The predicted octanol–water partition coefficient (Wildman–Crippen LogP) is 5.59. The fourth-order valence-electron chi connectivity index (χ4n) is 3.56. The molecule has 0 bridgehead atoms. The van der Waals surface area contributed by atoms with E-state index in [1.54, 1.807) is 0 Å². The van der Waals surface area contributed by atoms with Gasteiger partial charge in [0.25, 0.3) is 0 Å². The van der Waals surface area contributed by atoms with Crippen LogP contribution in [0.1, 0.15) is 10.9 Å². The van der Waals surface area contributed by atoms with E-state index in [4.69, 9.17) is 4.98 Å². The molecule has 0 spiro atoms. The Bertz CT molecular complexity index is 563. The molecule has 2 aromatic rings. The number of rotatable bonds is 4. The molecule has 0 saturated carbocycles. The Labute approximate surface area is 131 Å². The van der Waals surface area contributed by atoms with Crippen molar-refractivity contribution >= 4 is 16.1 Å². The molecule has 1 nitrogen and oxygen atoms in total. The van der Waals surface area contributed by atoms with Crippen molar-refractivity contribution in [3.05, 3.63) is 54.4 Å². The average Bonchev–Trinajstić information content (AvgIpc) is 2.37. The van der Waals surface area contributed by atoms with Crippen molar-refractivity contribution in [2.24, 2.45) is 0 Å². The first kappa shape index (κ1) is 16.2. The van der Waals surface area contributed by atoms with E-state index in [-0.39, 0.29) is 0 Å². The lowest BCUT2D eigenvalue weighted by molar-refractivity contribution is 1.07. The van der Waals surface area contributed by atoms with Gasteiger partial charge in [0.2, 0.25) is 0 Å². The van der Waals surface area contributed by atoms with Crippen LogP contribution < -0.4 is 0 Å². The molecule has 0 N–H and O–H groups in total. The van der Waals surface area contributed by atoms with Crippen molar-refractivity contribution < 1.29 is 0 Å². The molecule has 1 aromatic carbocycles. The van der Waals surface area contributed by atoms with Crippen molar-refractivity contribution in [2.45, 2.75) is 44.4 Å². The Morgan fingerprint density at radius 3 is 1.71 bits per heavy atom. The summed E-state index contributed by atoms with van der Waals surface area (Å²) in [6.07, 6.45) is 2.05. The van der Waals surface area contributed by atoms with E-state index in [1.807, 2.05) is 0 Å². The molecule has 21 heavy (non-hydrogen) atoms. The largest absolute Gasteiger partial charge is 0.261 e. The number of benzene rings is 1. The van der Waals surface area contributed by atoms with Gasteiger partial charge in [-0.3, -0.25) is 4.98 Å². The maximum absolute atomic E-state index is 4.86. The summed E-state index contributed by atoms with van der Waals surface area (Å²) >= 11 is 0. The standard InChI is InChI=1S/C18H27NSi2/c1-20(2,3)18(21(4,5)6)17-13-12-16(14-19-17)15-10-8-7-9-11-15/h7-14,18H,1-6H3. The van der Waals surface area contributed by atoms with Gasteiger partial charge in [-0.2, -0.15) is 0 Å². The van der Waals surface area contributed by atoms with Crippen molar-refractivity contribution in [1.82, 2.24) is 4.98 Å². The highest BCUT2D eigenvalue weighted by Crippen LogP contribution is 2.35. The van der Waals surface area contributed by atoms with Crippen LogP contribution >= 0.6 is 0 Å². The number of pyridine rings is 1. The first-order valence-electron chi connectivity index (χ1n) is 7.71. The van der Waals surface area contributed by atoms with Crippen LogP contribution in [-0.2, 0) is 0 Å². The number of hydrogen-bond donors (Lipinski definition) is 0. The zero-order valence-electron chi connectivity index (χ0n) is 14.1. The summed E-state index contributed by atoms with van der Waals surface area (Å²) in [6.45, 7) is 14.8. The Kier molecular flexibility index (Phi) is 4.54. The summed E-state index contributed by atoms with van der Waals surface area (Å²) in [6, 6.07) is 15.0. The molecule has 0 aliphatic rings. The molecule has 2 rings (SSSR count). The van der Waals surface area contributed by atoms with E-state index in [0.717, 1.165) is 0 Å². The highest BCUT2D eigenvalue weighted by molar-refractivity contribution is 6.96. The van der Waals surface area contributed by atoms with Gasteiger partial charge < -0.3 is 0 Å². The Morgan fingerprint density at radius 1 is 0.714 bits per heavy atom. The molecule has 1 aromatic heterocycles. The van der Waals surface area contributed by atoms with Crippen LogP contribution in [0.25, 0.3) is 11.1 Å². The molecular weight excluding hydrogens is 286 g/mol. The molecule has 0 radical (unpaired) electrons. The molecule has 1 heterocycles. The molecule has 0 aliphatic carbocycles. The first-order chi connectivity index (χ1) is 9.69. The fourth-order valence-corrected chi connectivity index (χ4v) is 16.1. The monoisotopic (exact) mass is 313 g/mol. The van der Waals surface area contributed by atoms with Crippen LogP contribution in [0.3, 0.4) is 0 Å². The van der Waals surface area contributed by atoms with Crippen molar-refractivity contribution in [2.75, 3.05) is 0 Å². The highest BCUT2D eigenvalue weighted by Gasteiger charge is 2.39. The van der Waals surface area contributed by atoms with Crippen LogP contribution in [-0.4, -0.2) is 21.1 Å². The lowest BCUT2D eigenvalue weighted by Crippen LogP contribution is -2.46. The van der Waals surface area contributed by atoms with Crippen LogP contribution in [0.15, 0.2) is 48.7 Å². The minimum absolute atomic E-state index is 0.704. The molecule has 0 fully saturated rings. The van der Waals surface area contributed by atoms with Gasteiger partial charge in [-0.15, -0.1) is 0 Å². The van der Waals surface area contributed by atoms with Gasteiger partial charge in [0.05, 0.1) is 16.1 Å². The summed E-state index contributed by atoms with van der Waals surface area (Å²) in [7, 11) is -2.52. The zero-order valence-corrected chi connectivity index (χ0v) is 16.1. The predicted molar refractivity (Wildman–Crippen MR) is 99.1 cm³/mol. The van der Waals surface area contributed by atoms with E-state index >= 15 is 0 Å². The number of aromatic nitrogens is 1. The maximum atomic E-state index is 4.86. The van der Waals surface area contributed by atoms with Crippen molar-refractivity contribution in [3.63, 3.8) is 0 Å². The second kappa shape index (κ2) is 5.89. The third-order valence-corrected chi connectivity index (χ3v) is 13.2. The Balaban J connectivity index is 2.37. The van der Waals surface area contributed by atoms with Gasteiger partial charge in [0.15, 0.2) is 0 Å². The second-order valence-corrected chi connectivity index (χ2v) is 19.2. The van der Waals surface area contributed by atoms with Crippen molar-refractivity contribution in [1.29, 1.82) is 0 Å². The van der Waals surface area contributed by atoms with Crippen LogP contribution in [0, 0.1) is 0 Å². The molecule has 0 amide bonds. The summed E-state index contributed by atoms with van der Waals surface area (Å²) < 4.78 is 0. The SMILES string of the molecule is C[Si](C)(C)C(c1ccc(-c2ccccc2)cn1)[Si](C)(C)C. The van der Waals surface area contributed by atoms with E-state index in [0.29, 0.717) is 5.16 Å². The molecular formula is C18H27NSi2. The summed E-state index contributed by atoms with van der Waals surface area (Å²) in [5.41, 5.74) is 3.77. The Hall–Kier alpha value is -1.20. The van der Waals surface area contributed by atoms with E-state index < -0.39 is 16.1 Å². The molecule has 0 unspecified atom stereocenters. The zero-order chi connectivity index (χ0) is 15.7. The molecule has 0 aliphatic heterocycles. The highest BCUT2D eigenvalue weighted by atomic mass is 28.4. The van der Waals surface area contributed by atoms with Gasteiger partial charge in [0, 0.05) is 17.5 Å². The molecule has 112 valence electrons. The van der Waals surface area contributed by atoms with E-state index in [2.05, 4.69) is 87.9 Å². The minimum atomic E-state index is -1.26. The van der Waals surface area contributed by atoms with Crippen LogP contribution in [0.4, 0.5) is 0 Å². The van der Waals surface area contributed by atoms with Gasteiger partial charge in [0.1, 0.15) is 0 Å². The smallest absolute Gasteiger partial charge is 0.0513 e. The second-order valence-electron chi connectivity index (χ2n) is 8.00. The lowest BCUT2D eigenvalue weighted by atomic mass is 10.1. The quantitative estimate of drug-likeness (QED) is 0.671. The average molecular weight is 314 g/mol. The van der Waals surface area contributed by atoms with Crippen molar-refractivity contribution in [3.8, 4) is 11.1 Å². The van der Waals surface area contributed by atoms with Crippen LogP contribution in [0.2, 0.25) is 39.3 Å². The summed E-state index contributed by atoms with van der Waals surface area (Å²) in [5, 5.41) is 0.704. The Morgan fingerprint density at radius 2 is 1.29 bits per heavy atom. The number of hydrogen-bond acceptors (Lipinski definition) is 1. The van der Waals surface area contributed by atoms with Crippen LogP contribution in [0.5, 0.6) is 0 Å². The molecule has 0 atom stereocenters. The summed E-state index contributed by atoms with van der Waals surface area (Å²) in [4.78, 5) is 4.86. The van der Waals surface area contributed by atoms with E-state index in [9.17, 15) is 0 Å². The van der Waals surface area contributed by atoms with Gasteiger partial charge in [-0.1, -0.05) is 75.7 Å². The minimum Gasteiger partial charge on any atom is -0.261 e. The topological polar surface area (TPSA) is 12.9 Å². The van der Waals surface area contributed by atoms with Gasteiger partial charge >= 0.3 is 0 Å². The normalized spacial score (nSPS) is 12.7. The first-order valence-corrected chi connectivity index (χ1v) is 14.9. The molecule has 3 heteroatoms. The van der Waals surface area contributed by atoms with Gasteiger partial charge in [-0.25, -0.2) is 0 Å². The summed E-state index contributed by atoms with van der Waals surface area (Å²) in [5.74, 6) is 0. The lowest BCUT2D eigenvalue weighted by Gasteiger charge is -2.38. The maximum Gasteiger partial charge on any atom is 0.0513 e. The van der Waals surface area contributed by atoms with Gasteiger partial charge in [-0.05, 0) is 16.8 Å².